The van der Waals surface area contributed by atoms with Crippen LogP contribution in [-0.2, 0) is 6.42 Å². The third-order valence-corrected chi connectivity index (χ3v) is 2.76. The van der Waals surface area contributed by atoms with Gasteiger partial charge < -0.3 is 0 Å². The van der Waals surface area contributed by atoms with Gasteiger partial charge in [0, 0.05) is 5.02 Å². The number of nitriles is 1. The molecule has 0 saturated carbocycles. The molecule has 92 valence electrons. The van der Waals surface area contributed by atoms with E-state index in [2.05, 4.69) is 30.2 Å². The Hall–Kier alpha value is -1.86. The van der Waals surface area contributed by atoms with Crippen LogP contribution in [0.1, 0.15) is 25.2 Å². The van der Waals surface area contributed by atoms with Crippen LogP contribution in [0.4, 0.5) is 0 Å². The van der Waals surface area contributed by atoms with E-state index in [-0.39, 0.29) is 0 Å². The van der Waals surface area contributed by atoms with E-state index in [0.29, 0.717) is 16.6 Å². The van der Waals surface area contributed by atoms with Gasteiger partial charge in [0.2, 0.25) is 0 Å². The average Bonchev–Trinajstić information content (AvgIpc) is 2.71. The quantitative estimate of drug-likeness (QED) is 0.852. The minimum atomic E-state index is 0.378. The highest BCUT2D eigenvalue weighted by atomic mass is 35.5. The molecule has 0 aliphatic rings. The summed E-state index contributed by atoms with van der Waals surface area (Å²) in [6.07, 6.45) is 0.752. The SMILES string of the molecule is CC(C)Cc1c(C#N)nnn1-c1cccc(Cl)c1. The Morgan fingerprint density at radius 1 is 1.44 bits per heavy atom. The maximum atomic E-state index is 9.05. The molecular weight excluding hydrogens is 248 g/mol. The molecule has 0 unspecified atom stereocenters. The Kier molecular flexibility index (Phi) is 3.63. The molecule has 0 aliphatic heterocycles. The molecule has 2 rings (SSSR count). The fraction of sp³-hybridized carbons (Fsp3) is 0.308. The molecular formula is C13H13ClN4. The first-order valence-corrected chi connectivity index (χ1v) is 6.10. The number of hydrogen-bond acceptors (Lipinski definition) is 3. The minimum absolute atomic E-state index is 0.378. The van der Waals surface area contributed by atoms with Crippen LogP contribution in [0.5, 0.6) is 0 Å². The number of nitrogens with zero attached hydrogens (tertiary/aromatic N) is 4. The standard InChI is InChI=1S/C13H13ClN4/c1-9(2)6-13-12(8-15)16-17-18(13)11-5-3-4-10(14)7-11/h3-5,7,9H,6H2,1-2H3. The van der Waals surface area contributed by atoms with Crippen LogP contribution in [0.2, 0.25) is 5.02 Å². The topological polar surface area (TPSA) is 54.5 Å². The van der Waals surface area contributed by atoms with E-state index in [4.69, 9.17) is 16.9 Å². The first-order valence-electron chi connectivity index (χ1n) is 5.72. The van der Waals surface area contributed by atoms with Gasteiger partial charge in [0.25, 0.3) is 0 Å². The summed E-state index contributed by atoms with van der Waals surface area (Å²) >= 11 is 5.97. The summed E-state index contributed by atoms with van der Waals surface area (Å²) in [6.45, 7) is 4.19. The van der Waals surface area contributed by atoms with Gasteiger partial charge in [0.15, 0.2) is 5.69 Å². The molecule has 0 amide bonds. The van der Waals surface area contributed by atoms with Gasteiger partial charge in [-0.1, -0.05) is 36.7 Å². The molecule has 0 spiro atoms. The second kappa shape index (κ2) is 5.19. The molecule has 0 atom stereocenters. The predicted octanol–water partition coefficient (Wildman–Crippen LogP) is 2.99. The molecule has 0 N–H and O–H groups in total. The van der Waals surface area contributed by atoms with Crippen molar-refractivity contribution in [1.29, 1.82) is 5.26 Å². The molecule has 1 heterocycles. The van der Waals surface area contributed by atoms with Crippen LogP contribution in [0.3, 0.4) is 0 Å². The molecule has 4 nitrogen and oxygen atoms in total. The van der Waals surface area contributed by atoms with Crippen molar-refractivity contribution < 1.29 is 0 Å². The molecule has 0 saturated heterocycles. The Morgan fingerprint density at radius 2 is 2.22 bits per heavy atom. The van der Waals surface area contributed by atoms with Gasteiger partial charge in [-0.15, -0.1) is 5.10 Å². The number of halogens is 1. The molecule has 1 aromatic heterocycles. The number of hydrogen-bond donors (Lipinski definition) is 0. The number of benzene rings is 1. The third-order valence-electron chi connectivity index (χ3n) is 2.52. The summed E-state index contributed by atoms with van der Waals surface area (Å²) in [5.41, 5.74) is 2.03. The molecule has 1 aromatic carbocycles. The van der Waals surface area contributed by atoms with E-state index in [1.807, 2.05) is 12.1 Å². The maximum Gasteiger partial charge on any atom is 0.186 e. The zero-order chi connectivity index (χ0) is 13.1. The van der Waals surface area contributed by atoms with Gasteiger partial charge in [-0.3, -0.25) is 0 Å². The first-order chi connectivity index (χ1) is 8.61. The highest BCUT2D eigenvalue weighted by Crippen LogP contribution is 2.19. The summed E-state index contributed by atoms with van der Waals surface area (Å²) in [5.74, 6) is 0.425. The van der Waals surface area contributed by atoms with Gasteiger partial charge in [-0.25, -0.2) is 4.68 Å². The van der Waals surface area contributed by atoms with Crippen molar-refractivity contribution in [3.8, 4) is 11.8 Å². The summed E-state index contributed by atoms with van der Waals surface area (Å²) < 4.78 is 1.68. The first kappa shape index (κ1) is 12.6. The molecule has 5 heteroatoms. The van der Waals surface area contributed by atoms with Crippen molar-refractivity contribution in [2.24, 2.45) is 5.92 Å². The smallest absolute Gasteiger partial charge is 0.186 e. The molecule has 0 bridgehead atoms. The Labute approximate surface area is 111 Å². The van der Waals surface area contributed by atoms with E-state index < -0.39 is 0 Å². The monoisotopic (exact) mass is 260 g/mol. The fourth-order valence-corrected chi connectivity index (χ4v) is 1.96. The Bertz CT molecular complexity index is 595. The van der Waals surface area contributed by atoms with Crippen LogP contribution >= 0.6 is 11.6 Å². The van der Waals surface area contributed by atoms with E-state index in [1.54, 1.807) is 16.8 Å². The largest absolute Gasteiger partial charge is 0.216 e. The lowest BCUT2D eigenvalue weighted by atomic mass is 10.1. The van der Waals surface area contributed by atoms with Crippen molar-refractivity contribution in [3.05, 3.63) is 40.7 Å². The van der Waals surface area contributed by atoms with Crippen LogP contribution in [0, 0.1) is 17.2 Å². The van der Waals surface area contributed by atoms with E-state index in [1.165, 1.54) is 0 Å². The summed E-state index contributed by atoms with van der Waals surface area (Å²) in [4.78, 5) is 0. The molecule has 18 heavy (non-hydrogen) atoms. The van der Waals surface area contributed by atoms with Gasteiger partial charge in [0.1, 0.15) is 6.07 Å². The predicted molar refractivity (Wildman–Crippen MR) is 69.6 cm³/mol. The zero-order valence-corrected chi connectivity index (χ0v) is 11.0. The van der Waals surface area contributed by atoms with Crippen molar-refractivity contribution in [2.45, 2.75) is 20.3 Å². The highest BCUT2D eigenvalue weighted by molar-refractivity contribution is 6.30. The normalized spacial score (nSPS) is 10.6. The lowest BCUT2D eigenvalue weighted by Crippen LogP contribution is -2.06. The lowest BCUT2D eigenvalue weighted by molar-refractivity contribution is 0.613. The molecule has 0 aliphatic carbocycles. The maximum absolute atomic E-state index is 9.05. The molecule has 0 fully saturated rings. The highest BCUT2D eigenvalue weighted by Gasteiger charge is 2.15. The summed E-state index contributed by atoms with van der Waals surface area (Å²) in [6, 6.07) is 9.43. The van der Waals surface area contributed by atoms with Crippen molar-refractivity contribution in [2.75, 3.05) is 0 Å². The van der Waals surface area contributed by atoms with Crippen LogP contribution < -0.4 is 0 Å². The fourth-order valence-electron chi connectivity index (χ4n) is 1.77. The van der Waals surface area contributed by atoms with Crippen LogP contribution in [0.25, 0.3) is 5.69 Å². The van der Waals surface area contributed by atoms with E-state index >= 15 is 0 Å². The van der Waals surface area contributed by atoms with Crippen molar-refractivity contribution in [1.82, 2.24) is 15.0 Å². The van der Waals surface area contributed by atoms with E-state index in [9.17, 15) is 0 Å². The lowest BCUT2D eigenvalue weighted by Gasteiger charge is -2.08. The second-order valence-corrected chi connectivity index (χ2v) is 4.92. The summed E-state index contributed by atoms with van der Waals surface area (Å²) in [5, 5.41) is 17.6. The number of aromatic nitrogens is 3. The Balaban J connectivity index is 2.51. The molecule has 2 aromatic rings. The molecule has 0 radical (unpaired) electrons. The summed E-state index contributed by atoms with van der Waals surface area (Å²) in [7, 11) is 0. The average molecular weight is 261 g/mol. The van der Waals surface area contributed by atoms with Crippen LogP contribution in [-0.4, -0.2) is 15.0 Å². The zero-order valence-electron chi connectivity index (χ0n) is 10.3. The van der Waals surface area contributed by atoms with Crippen molar-refractivity contribution in [3.63, 3.8) is 0 Å². The van der Waals surface area contributed by atoms with Crippen molar-refractivity contribution >= 4 is 11.6 Å². The van der Waals surface area contributed by atoms with Gasteiger partial charge >= 0.3 is 0 Å². The van der Waals surface area contributed by atoms with E-state index in [0.717, 1.165) is 17.8 Å². The van der Waals surface area contributed by atoms with Gasteiger partial charge in [-0.2, -0.15) is 5.26 Å². The number of rotatable bonds is 3. The second-order valence-electron chi connectivity index (χ2n) is 4.49. The van der Waals surface area contributed by atoms with Gasteiger partial charge in [-0.05, 0) is 30.5 Å². The van der Waals surface area contributed by atoms with Gasteiger partial charge in [0.05, 0.1) is 11.4 Å². The third kappa shape index (κ3) is 2.52. The van der Waals surface area contributed by atoms with Crippen LogP contribution in [0.15, 0.2) is 24.3 Å². The minimum Gasteiger partial charge on any atom is -0.216 e. The Morgan fingerprint density at radius 3 is 2.83 bits per heavy atom.